The zero-order valence-electron chi connectivity index (χ0n) is 13.6. The highest BCUT2D eigenvalue weighted by Crippen LogP contribution is 2.41. The molecule has 1 aromatic carbocycles. The van der Waals surface area contributed by atoms with Crippen molar-refractivity contribution >= 4 is 7.12 Å². The number of rotatable bonds is 2. The lowest BCUT2D eigenvalue weighted by Crippen LogP contribution is -2.41. The molecule has 1 aromatic rings. The van der Waals surface area contributed by atoms with Crippen LogP contribution in [0.25, 0.3) is 0 Å². The second-order valence-electron chi connectivity index (χ2n) is 7.25. The van der Waals surface area contributed by atoms with Crippen LogP contribution in [-0.4, -0.2) is 18.3 Å². The molecule has 2 nitrogen and oxygen atoms in total. The fourth-order valence-electron chi connectivity index (χ4n) is 3.09. The summed E-state index contributed by atoms with van der Waals surface area (Å²) in [5, 5.41) is 0. The lowest BCUT2D eigenvalue weighted by Gasteiger charge is -2.32. The summed E-state index contributed by atoms with van der Waals surface area (Å²) < 4.78 is 12.3. The summed E-state index contributed by atoms with van der Waals surface area (Å²) in [6.45, 7) is 8.46. The van der Waals surface area contributed by atoms with Crippen LogP contribution in [-0.2, 0) is 9.31 Å². The third-order valence-electron chi connectivity index (χ3n) is 5.27. The molecule has 1 aliphatic heterocycles. The van der Waals surface area contributed by atoms with Gasteiger partial charge in [0, 0.05) is 0 Å². The summed E-state index contributed by atoms with van der Waals surface area (Å²) in [7, 11) is -0.160. The first-order chi connectivity index (χ1) is 9.89. The van der Waals surface area contributed by atoms with Gasteiger partial charge in [0.2, 0.25) is 0 Å². The molecule has 0 saturated carbocycles. The maximum Gasteiger partial charge on any atom is 0.490 e. The highest BCUT2D eigenvalue weighted by molar-refractivity contribution is 6.54. The second-order valence-corrected chi connectivity index (χ2v) is 7.25. The SMILES string of the molecule is CC1(C)OB(C2=CC[C@@H](c3ccccc3)CC2)OC1(C)C. The van der Waals surface area contributed by atoms with Gasteiger partial charge in [0.05, 0.1) is 11.2 Å². The smallest absolute Gasteiger partial charge is 0.400 e. The molecule has 3 heteroatoms. The van der Waals surface area contributed by atoms with E-state index in [-0.39, 0.29) is 18.3 Å². The predicted molar refractivity (Wildman–Crippen MR) is 87.2 cm³/mol. The Kier molecular flexibility index (Phi) is 3.75. The molecule has 0 aromatic heterocycles. The van der Waals surface area contributed by atoms with Crippen molar-refractivity contribution in [3.8, 4) is 0 Å². The van der Waals surface area contributed by atoms with Crippen LogP contribution < -0.4 is 0 Å². The van der Waals surface area contributed by atoms with Crippen LogP contribution in [0, 0.1) is 0 Å². The minimum Gasteiger partial charge on any atom is -0.400 e. The molecule has 0 bridgehead atoms. The van der Waals surface area contributed by atoms with Gasteiger partial charge in [0.25, 0.3) is 0 Å². The third-order valence-corrected chi connectivity index (χ3v) is 5.27. The minimum atomic E-state index is -0.241. The van der Waals surface area contributed by atoms with E-state index < -0.39 is 0 Å². The van der Waals surface area contributed by atoms with Crippen LogP contribution in [0.4, 0.5) is 0 Å². The first-order valence-corrected chi connectivity index (χ1v) is 7.98. The van der Waals surface area contributed by atoms with E-state index in [1.54, 1.807) is 0 Å². The summed E-state index contributed by atoms with van der Waals surface area (Å²) in [4.78, 5) is 0. The Labute approximate surface area is 128 Å². The molecular weight excluding hydrogens is 259 g/mol. The van der Waals surface area contributed by atoms with Gasteiger partial charge in [-0.3, -0.25) is 0 Å². The Hall–Kier alpha value is -1.06. The number of hydrogen-bond donors (Lipinski definition) is 0. The Morgan fingerprint density at radius 2 is 1.62 bits per heavy atom. The van der Waals surface area contributed by atoms with Crippen molar-refractivity contribution in [2.75, 3.05) is 0 Å². The van der Waals surface area contributed by atoms with Gasteiger partial charge < -0.3 is 9.31 Å². The number of hydrogen-bond acceptors (Lipinski definition) is 2. The molecule has 1 aliphatic carbocycles. The standard InChI is InChI=1S/C18H25BO2/c1-17(2)18(3,4)21-19(20-17)16-12-10-15(11-13-16)14-8-6-5-7-9-14/h5-9,12,15H,10-11,13H2,1-4H3/t15-/m1/s1. The second kappa shape index (κ2) is 5.29. The largest absolute Gasteiger partial charge is 0.490 e. The van der Waals surface area contributed by atoms with Crippen LogP contribution in [0.1, 0.15) is 58.4 Å². The molecule has 1 fully saturated rings. The summed E-state index contributed by atoms with van der Waals surface area (Å²) >= 11 is 0. The van der Waals surface area contributed by atoms with Gasteiger partial charge >= 0.3 is 7.12 Å². The van der Waals surface area contributed by atoms with Gasteiger partial charge in [-0.05, 0) is 63.9 Å². The van der Waals surface area contributed by atoms with E-state index in [1.807, 2.05) is 0 Å². The van der Waals surface area contributed by atoms with Crippen LogP contribution in [0.2, 0.25) is 0 Å². The van der Waals surface area contributed by atoms with Gasteiger partial charge in [-0.1, -0.05) is 36.4 Å². The molecule has 1 saturated heterocycles. The monoisotopic (exact) mass is 284 g/mol. The fourth-order valence-corrected chi connectivity index (χ4v) is 3.09. The van der Waals surface area contributed by atoms with Crippen LogP contribution >= 0.6 is 0 Å². The molecule has 0 spiro atoms. The number of benzene rings is 1. The van der Waals surface area contributed by atoms with Crippen molar-refractivity contribution in [1.29, 1.82) is 0 Å². The fraction of sp³-hybridized carbons (Fsp3) is 0.556. The third kappa shape index (κ3) is 2.82. The number of allylic oxidation sites excluding steroid dienone is 2. The molecule has 112 valence electrons. The van der Waals surface area contributed by atoms with Gasteiger partial charge in [-0.15, -0.1) is 0 Å². The molecular formula is C18H25BO2. The predicted octanol–water partition coefficient (Wildman–Crippen LogP) is 4.51. The molecule has 21 heavy (non-hydrogen) atoms. The van der Waals surface area contributed by atoms with E-state index >= 15 is 0 Å². The zero-order valence-corrected chi connectivity index (χ0v) is 13.6. The lowest BCUT2D eigenvalue weighted by atomic mass is 9.70. The zero-order chi connectivity index (χ0) is 15.1. The normalized spacial score (nSPS) is 27.5. The lowest BCUT2D eigenvalue weighted by molar-refractivity contribution is 0.00578. The van der Waals surface area contributed by atoms with Crippen LogP contribution in [0.5, 0.6) is 0 Å². The Morgan fingerprint density at radius 1 is 1.00 bits per heavy atom. The van der Waals surface area contributed by atoms with Crippen molar-refractivity contribution in [3.05, 3.63) is 47.4 Å². The van der Waals surface area contributed by atoms with E-state index in [0.717, 1.165) is 12.8 Å². The summed E-state index contributed by atoms with van der Waals surface area (Å²) in [5.41, 5.74) is 2.28. The Morgan fingerprint density at radius 3 is 2.14 bits per heavy atom. The Balaban J connectivity index is 1.69. The highest BCUT2D eigenvalue weighted by atomic mass is 16.7. The van der Waals surface area contributed by atoms with E-state index in [4.69, 9.17) is 9.31 Å². The minimum absolute atomic E-state index is 0.160. The topological polar surface area (TPSA) is 18.5 Å². The average Bonchev–Trinajstić information content (AvgIpc) is 2.69. The first-order valence-electron chi connectivity index (χ1n) is 7.98. The molecule has 0 N–H and O–H groups in total. The van der Waals surface area contributed by atoms with Crippen LogP contribution in [0.3, 0.4) is 0 Å². The molecule has 0 amide bonds. The van der Waals surface area contributed by atoms with Crippen molar-refractivity contribution < 1.29 is 9.31 Å². The first kappa shape index (κ1) is 14.9. The molecule has 0 radical (unpaired) electrons. The molecule has 0 unspecified atom stereocenters. The summed E-state index contributed by atoms with van der Waals surface area (Å²) in [6, 6.07) is 10.8. The summed E-state index contributed by atoms with van der Waals surface area (Å²) in [5.74, 6) is 0.636. The molecule has 1 heterocycles. The van der Waals surface area contributed by atoms with E-state index in [2.05, 4.69) is 64.1 Å². The van der Waals surface area contributed by atoms with Gasteiger partial charge in [0.15, 0.2) is 0 Å². The van der Waals surface area contributed by atoms with E-state index in [9.17, 15) is 0 Å². The molecule has 3 rings (SSSR count). The average molecular weight is 284 g/mol. The highest BCUT2D eigenvalue weighted by Gasteiger charge is 2.52. The Bertz CT molecular complexity index is 517. The van der Waals surface area contributed by atoms with Gasteiger partial charge in [-0.2, -0.15) is 0 Å². The van der Waals surface area contributed by atoms with Crippen LogP contribution in [0.15, 0.2) is 41.9 Å². The quantitative estimate of drug-likeness (QED) is 0.744. The maximum absolute atomic E-state index is 6.15. The maximum atomic E-state index is 6.15. The van der Waals surface area contributed by atoms with Crippen molar-refractivity contribution in [2.45, 2.75) is 64.1 Å². The van der Waals surface area contributed by atoms with Crippen molar-refractivity contribution in [2.24, 2.45) is 0 Å². The molecule has 2 aliphatic rings. The van der Waals surface area contributed by atoms with Crippen molar-refractivity contribution in [1.82, 2.24) is 0 Å². The van der Waals surface area contributed by atoms with Gasteiger partial charge in [-0.25, -0.2) is 0 Å². The van der Waals surface area contributed by atoms with E-state index in [1.165, 1.54) is 17.5 Å². The molecule has 1 atom stereocenters. The van der Waals surface area contributed by atoms with Gasteiger partial charge in [0.1, 0.15) is 0 Å². The van der Waals surface area contributed by atoms with E-state index in [0.29, 0.717) is 5.92 Å². The summed E-state index contributed by atoms with van der Waals surface area (Å²) in [6.07, 6.45) is 5.67. The van der Waals surface area contributed by atoms with Crippen molar-refractivity contribution in [3.63, 3.8) is 0 Å².